The van der Waals surface area contributed by atoms with Crippen LogP contribution in [0.25, 0.3) is 0 Å². The molecule has 2 heterocycles. The molecule has 1 aliphatic rings. The summed E-state index contributed by atoms with van der Waals surface area (Å²) in [5.41, 5.74) is 0. The lowest BCUT2D eigenvalue weighted by atomic mass is 10.2. The Hall–Kier alpha value is -0.720. The van der Waals surface area contributed by atoms with E-state index in [9.17, 15) is 0 Å². The first-order valence-electron chi connectivity index (χ1n) is 4.56. The van der Waals surface area contributed by atoms with Crippen molar-refractivity contribution in [2.24, 2.45) is 0 Å². The number of nitrogens with zero attached hydrogens (tertiary/aromatic N) is 3. The summed E-state index contributed by atoms with van der Waals surface area (Å²) < 4.78 is 5.29. The molecule has 78 valence electrons. The number of hydrogen-bond acceptors (Lipinski definition) is 6. The molecule has 0 amide bonds. The molecule has 1 aromatic heterocycles. The minimum Gasteiger partial charge on any atom is -0.394 e. The van der Waals surface area contributed by atoms with Crippen molar-refractivity contribution in [1.82, 2.24) is 10.2 Å². The van der Waals surface area contributed by atoms with Gasteiger partial charge in [0.15, 0.2) is 0 Å². The molecule has 1 aromatic rings. The standard InChI is InChI=1S/C8H13N3O2S/c1-6-9-10-8(14-6)11-2-3-13-5-7(11)4-12/h7,12H,2-5H2,1H3. The molecule has 0 aromatic carbocycles. The van der Waals surface area contributed by atoms with Crippen molar-refractivity contribution in [2.75, 3.05) is 31.3 Å². The molecule has 1 fully saturated rings. The highest BCUT2D eigenvalue weighted by Gasteiger charge is 2.24. The van der Waals surface area contributed by atoms with Crippen molar-refractivity contribution in [3.63, 3.8) is 0 Å². The summed E-state index contributed by atoms with van der Waals surface area (Å²) in [5.74, 6) is 0. The van der Waals surface area contributed by atoms with E-state index in [1.165, 1.54) is 0 Å². The first kappa shape index (κ1) is 9.82. The van der Waals surface area contributed by atoms with Gasteiger partial charge in [-0.05, 0) is 6.92 Å². The van der Waals surface area contributed by atoms with Crippen LogP contribution in [0.15, 0.2) is 0 Å². The van der Waals surface area contributed by atoms with Gasteiger partial charge in [0.2, 0.25) is 5.13 Å². The number of aliphatic hydroxyl groups is 1. The second-order valence-corrected chi connectivity index (χ2v) is 4.37. The zero-order valence-electron chi connectivity index (χ0n) is 8.01. The molecule has 14 heavy (non-hydrogen) atoms. The molecule has 0 saturated carbocycles. The summed E-state index contributed by atoms with van der Waals surface area (Å²) >= 11 is 1.55. The van der Waals surface area contributed by atoms with E-state index in [1.54, 1.807) is 11.3 Å². The maximum atomic E-state index is 9.16. The van der Waals surface area contributed by atoms with E-state index in [1.807, 2.05) is 6.92 Å². The quantitative estimate of drug-likeness (QED) is 0.755. The molecular weight excluding hydrogens is 202 g/mol. The van der Waals surface area contributed by atoms with E-state index < -0.39 is 0 Å². The third-order valence-corrected chi connectivity index (χ3v) is 3.08. The maximum absolute atomic E-state index is 9.16. The Morgan fingerprint density at radius 3 is 3.14 bits per heavy atom. The van der Waals surface area contributed by atoms with Crippen molar-refractivity contribution in [3.05, 3.63) is 5.01 Å². The summed E-state index contributed by atoms with van der Waals surface area (Å²) in [6.45, 7) is 4.05. The fourth-order valence-electron chi connectivity index (χ4n) is 1.46. The van der Waals surface area contributed by atoms with E-state index in [0.717, 1.165) is 16.7 Å². The fraction of sp³-hybridized carbons (Fsp3) is 0.750. The minimum atomic E-state index is 0.0242. The molecule has 1 N–H and O–H groups in total. The fourth-order valence-corrected chi connectivity index (χ4v) is 2.25. The lowest BCUT2D eigenvalue weighted by Gasteiger charge is -2.33. The topological polar surface area (TPSA) is 58.5 Å². The molecule has 5 nitrogen and oxygen atoms in total. The van der Waals surface area contributed by atoms with E-state index in [4.69, 9.17) is 9.84 Å². The van der Waals surface area contributed by atoms with Gasteiger partial charge in [-0.25, -0.2) is 0 Å². The monoisotopic (exact) mass is 215 g/mol. The number of ether oxygens (including phenoxy) is 1. The lowest BCUT2D eigenvalue weighted by molar-refractivity contribution is 0.0726. The van der Waals surface area contributed by atoms with Gasteiger partial charge >= 0.3 is 0 Å². The molecule has 6 heteroatoms. The van der Waals surface area contributed by atoms with Crippen LogP contribution in [0.4, 0.5) is 5.13 Å². The molecule has 1 saturated heterocycles. The van der Waals surface area contributed by atoms with Gasteiger partial charge in [0.05, 0.1) is 25.9 Å². The van der Waals surface area contributed by atoms with Crippen molar-refractivity contribution in [3.8, 4) is 0 Å². The predicted octanol–water partition coefficient (Wildman–Crippen LogP) is 0.0440. The van der Waals surface area contributed by atoms with Crippen LogP contribution in [0, 0.1) is 6.92 Å². The Morgan fingerprint density at radius 1 is 1.64 bits per heavy atom. The highest BCUT2D eigenvalue weighted by Crippen LogP contribution is 2.23. The summed E-state index contributed by atoms with van der Waals surface area (Å²) in [6, 6.07) is 0.0242. The summed E-state index contributed by atoms with van der Waals surface area (Å²) in [5, 5.41) is 19.0. The maximum Gasteiger partial charge on any atom is 0.208 e. The number of aliphatic hydroxyl groups excluding tert-OH is 1. The molecule has 1 aliphatic heterocycles. The van der Waals surface area contributed by atoms with E-state index >= 15 is 0 Å². The Kier molecular flexibility index (Phi) is 2.95. The highest BCUT2D eigenvalue weighted by molar-refractivity contribution is 7.15. The number of morpholine rings is 1. The van der Waals surface area contributed by atoms with Crippen LogP contribution in [-0.4, -0.2) is 47.7 Å². The zero-order valence-corrected chi connectivity index (χ0v) is 8.83. The molecule has 0 spiro atoms. The Morgan fingerprint density at radius 2 is 2.50 bits per heavy atom. The third kappa shape index (κ3) is 1.87. The molecule has 0 aliphatic carbocycles. The van der Waals surface area contributed by atoms with Gasteiger partial charge in [0.1, 0.15) is 5.01 Å². The van der Waals surface area contributed by atoms with Gasteiger partial charge in [0.25, 0.3) is 0 Å². The molecule has 0 bridgehead atoms. The number of aryl methyl sites for hydroxylation is 1. The van der Waals surface area contributed by atoms with Gasteiger partial charge in [0, 0.05) is 6.54 Å². The number of rotatable bonds is 2. The van der Waals surface area contributed by atoms with E-state index in [0.29, 0.717) is 13.2 Å². The van der Waals surface area contributed by atoms with Crippen LogP contribution in [0.5, 0.6) is 0 Å². The smallest absolute Gasteiger partial charge is 0.208 e. The van der Waals surface area contributed by atoms with Crippen molar-refractivity contribution in [1.29, 1.82) is 0 Å². The average molecular weight is 215 g/mol. The van der Waals surface area contributed by atoms with Gasteiger partial charge in [-0.3, -0.25) is 0 Å². The number of aromatic nitrogens is 2. The largest absolute Gasteiger partial charge is 0.394 e. The molecule has 2 rings (SSSR count). The van der Waals surface area contributed by atoms with Crippen LogP contribution in [0.2, 0.25) is 0 Å². The molecule has 1 atom stereocenters. The Balaban J connectivity index is 2.14. The number of hydrogen-bond donors (Lipinski definition) is 1. The second-order valence-electron chi connectivity index (χ2n) is 3.21. The molecule has 1 unspecified atom stereocenters. The highest BCUT2D eigenvalue weighted by atomic mass is 32.1. The lowest BCUT2D eigenvalue weighted by Crippen LogP contribution is -2.47. The SMILES string of the molecule is Cc1nnc(N2CCOCC2CO)s1. The van der Waals surface area contributed by atoms with E-state index in [-0.39, 0.29) is 12.6 Å². The van der Waals surface area contributed by atoms with E-state index in [2.05, 4.69) is 15.1 Å². The first-order valence-corrected chi connectivity index (χ1v) is 5.38. The Bertz CT molecular complexity index is 305. The van der Waals surface area contributed by atoms with Crippen molar-refractivity contribution < 1.29 is 9.84 Å². The average Bonchev–Trinajstić information content (AvgIpc) is 2.65. The summed E-state index contributed by atoms with van der Waals surface area (Å²) in [6.07, 6.45) is 0. The van der Waals surface area contributed by atoms with Gasteiger partial charge in [-0.15, -0.1) is 10.2 Å². The van der Waals surface area contributed by atoms with Crippen LogP contribution < -0.4 is 4.90 Å². The first-order chi connectivity index (χ1) is 6.81. The van der Waals surface area contributed by atoms with Crippen molar-refractivity contribution >= 4 is 16.5 Å². The van der Waals surface area contributed by atoms with Gasteiger partial charge in [-0.2, -0.15) is 0 Å². The number of anilines is 1. The summed E-state index contributed by atoms with van der Waals surface area (Å²) in [4.78, 5) is 2.06. The van der Waals surface area contributed by atoms with Gasteiger partial charge in [-0.1, -0.05) is 11.3 Å². The van der Waals surface area contributed by atoms with Crippen molar-refractivity contribution in [2.45, 2.75) is 13.0 Å². The van der Waals surface area contributed by atoms with Gasteiger partial charge < -0.3 is 14.7 Å². The van der Waals surface area contributed by atoms with Crippen LogP contribution in [-0.2, 0) is 4.74 Å². The minimum absolute atomic E-state index is 0.0242. The molecular formula is C8H13N3O2S. The molecule has 0 radical (unpaired) electrons. The normalized spacial score (nSPS) is 22.7. The third-order valence-electron chi connectivity index (χ3n) is 2.20. The zero-order chi connectivity index (χ0) is 9.97. The summed E-state index contributed by atoms with van der Waals surface area (Å²) in [7, 11) is 0. The van der Waals surface area contributed by atoms with Crippen LogP contribution in [0.3, 0.4) is 0 Å². The predicted molar refractivity (Wildman–Crippen MR) is 53.7 cm³/mol. The van der Waals surface area contributed by atoms with Crippen LogP contribution >= 0.6 is 11.3 Å². The Labute approximate surface area is 86.3 Å². The second kappa shape index (κ2) is 4.20. The van der Waals surface area contributed by atoms with Crippen LogP contribution in [0.1, 0.15) is 5.01 Å².